The molecule has 7 heteroatoms. The molecule has 0 fully saturated rings. The maximum Gasteiger partial charge on any atom is 0.164 e. The van der Waals surface area contributed by atoms with E-state index in [4.69, 9.17) is 34.8 Å². The van der Waals surface area contributed by atoms with Crippen LogP contribution in [-0.2, 0) is 0 Å². The van der Waals surface area contributed by atoms with Crippen molar-refractivity contribution in [2.24, 2.45) is 0 Å². The number of pyridine rings is 1. The van der Waals surface area contributed by atoms with Gasteiger partial charge in [0, 0.05) is 10.7 Å². The van der Waals surface area contributed by atoms with Gasteiger partial charge in [0.15, 0.2) is 5.65 Å². The Bertz CT molecular complexity index is 830. The Balaban J connectivity index is 2.39. The number of aromatic nitrogens is 3. The molecule has 0 N–H and O–H groups in total. The van der Waals surface area contributed by atoms with Gasteiger partial charge in [-0.1, -0.05) is 29.3 Å². The molecule has 0 spiro atoms. The number of benzene rings is 1. The van der Waals surface area contributed by atoms with E-state index in [0.29, 0.717) is 27.2 Å². The standard InChI is InChI=1S/C14H9BrCl3N3/c1-7(16)13-20-10-5-8(15)6-19-14(10)21(13)11-4-2-3-9(17)12(11)18/h2-7H,1H3. The molecule has 2 aromatic heterocycles. The van der Waals surface area contributed by atoms with Crippen LogP contribution in [0.2, 0.25) is 10.0 Å². The molecule has 1 unspecified atom stereocenters. The molecule has 0 aliphatic carbocycles. The fraction of sp³-hybridized carbons (Fsp3) is 0.143. The monoisotopic (exact) mass is 403 g/mol. The van der Waals surface area contributed by atoms with Crippen molar-refractivity contribution in [2.45, 2.75) is 12.3 Å². The van der Waals surface area contributed by atoms with Crippen LogP contribution in [0.25, 0.3) is 16.9 Å². The van der Waals surface area contributed by atoms with Gasteiger partial charge in [0.2, 0.25) is 0 Å². The second kappa shape index (κ2) is 5.76. The van der Waals surface area contributed by atoms with Crippen molar-refractivity contribution in [3.8, 4) is 5.69 Å². The van der Waals surface area contributed by atoms with Crippen LogP contribution in [0.4, 0.5) is 0 Å². The number of hydrogen-bond donors (Lipinski definition) is 0. The zero-order valence-corrected chi connectivity index (χ0v) is 14.7. The Hall–Kier alpha value is -0.810. The molecule has 0 amide bonds. The number of alkyl halides is 1. The van der Waals surface area contributed by atoms with E-state index < -0.39 is 0 Å². The highest BCUT2D eigenvalue weighted by atomic mass is 79.9. The van der Waals surface area contributed by atoms with E-state index in [9.17, 15) is 0 Å². The maximum absolute atomic E-state index is 6.33. The summed E-state index contributed by atoms with van der Waals surface area (Å²) < 4.78 is 2.69. The highest BCUT2D eigenvalue weighted by Crippen LogP contribution is 2.34. The van der Waals surface area contributed by atoms with Crippen LogP contribution >= 0.6 is 50.7 Å². The Kier molecular flexibility index (Phi) is 4.14. The van der Waals surface area contributed by atoms with Gasteiger partial charge in [-0.25, -0.2) is 9.97 Å². The summed E-state index contributed by atoms with van der Waals surface area (Å²) in [5.74, 6) is 0.668. The highest BCUT2D eigenvalue weighted by Gasteiger charge is 2.20. The van der Waals surface area contributed by atoms with E-state index >= 15 is 0 Å². The molecular weight excluding hydrogens is 396 g/mol. The fourth-order valence-electron chi connectivity index (χ4n) is 2.13. The van der Waals surface area contributed by atoms with Crippen molar-refractivity contribution < 1.29 is 0 Å². The van der Waals surface area contributed by atoms with E-state index in [1.807, 2.05) is 29.7 Å². The highest BCUT2D eigenvalue weighted by molar-refractivity contribution is 9.10. The smallest absolute Gasteiger partial charge is 0.164 e. The molecule has 0 aliphatic rings. The minimum absolute atomic E-state index is 0.298. The van der Waals surface area contributed by atoms with Gasteiger partial charge in [-0.05, 0) is 41.1 Å². The SMILES string of the molecule is CC(Cl)c1nc2cc(Br)cnc2n1-c1cccc(Cl)c1Cl. The van der Waals surface area contributed by atoms with Crippen molar-refractivity contribution in [3.63, 3.8) is 0 Å². The lowest BCUT2D eigenvalue weighted by molar-refractivity contribution is 0.877. The largest absolute Gasteiger partial charge is 0.278 e. The average Bonchev–Trinajstić information content (AvgIpc) is 2.80. The zero-order chi connectivity index (χ0) is 15.1. The fourth-order valence-corrected chi connectivity index (χ4v) is 2.97. The van der Waals surface area contributed by atoms with Gasteiger partial charge >= 0.3 is 0 Å². The van der Waals surface area contributed by atoms with Crippen molar-refractivity contribution in [3.05, 3.63) is 50.8 Å². The molecule has 21 heavy (non-hydrogen) atoms. The first-order valence-electron chi connectivity index (χ1n) is 6.11. The molecule has 0 bridgehead atoms. The summed E-state index contributed by atoms with van der Waals surface area (Å²) in [5.41, 5.74) is 2.14. The molecule has 0 saturated carbocycles. The van der Waals surface area contributed by atoms with E-state index in [1.54, 1.807) is 12.3 Å². The third-order valence-electron chi connectivity index (χ3n) is 3.02. The number of rotatable bonds is 2. The molecule has 108 valence electrons. The number of imidazole rings is 1. The van der Waals surface area contributed by atoms with Crippen molar-refractivity contribution >= 4 is 61.9 Å². The first kappa shape index (κ1) is 15.1. The van der Waals surface area contributed by atoms with Crippen LogP contribution in [-0.4, -0.2) is 14.5 Å². The van der Waals surface area contributed by atoms with Gasteiger partial charge in [-0.2, -0.15) is 0 Å². The van der Waals surface area contributed by atoms with Crippen LogP contribution in [0.3, 0.4) is 0 Å². The van der Waals surface area contributed by atoms with Crippen LogP contribution < -0.4 is 0 Å². The summed E-state index contributed by atoms with van der Waals surface area (Å²) in [6.45, 7) is 1.85. The van der Waals surface area contributed by atoms with Crippen molar-refractivity contribution in [1.29, 1.82) is 0 Å². The van der Waals surface area contributed by atoms with Crippen LogP contribution in [0, 0.1) is 0 Å². The maximum atomic E-state index is 6.33. The molecule has 1 aromatic carbocycles. The molecule has 1 atom stereocenters. The summed E-state index contributed by atoms with van der Waals surface area (Å²) in [6.07, 6.45) is 1.71. The molecule has 3 nitrogen and oxygen atoms in total. The summed E-state index contributed by atoms with van der Waals surface area (Å²) in [5, 5.41) is 0.621. The number of halogens is 4. The van der Waals surface area contributed by atoms with Gasteiger partial charge in [-0.3, -0.25) is 4.57 Å². The summed E-state index contributed by atoms with van der Waals surface area (Å²) in [7, 11) is 0. The number of fused-ring (bicyclic) bond motifs is 1. The minimum Gasteiger partial charge on any atom is -0.278 e. The second-order valence-corrected chi connectivity index (χ2v) is 6.85. The summed E-state index contributed by atoms with van der Waals surface area (Å²) >= 11 is 22.1. The quantitative estimate of drug-likeness (QED) is 0.505. The average molecular weight is 406 g/mol. The molecular formula is C14H9BrCl3N3. The minimum atomic E-state index is -0.298. The Morgan fingerprint density at radius 2 is 2.05 bits per heavy atom. The van der Waals surface area contributed by atoms with E-state index in [-0.39, 0.29) is 5.38 Å². The lowest BCUT2D eigenvalue weighted by Crippen LogP contribution is -2.03. The zero-order valence-electron chi connectivity index (χ0n) is 10.8. The molecule has 2 heterocycles. The van der Waals surface area contributed by atoms with Gasteiger partial charge in [0.05, 0.1) is 21.1 Å². The van der Waals surface area contributed by atoms with Gasteiger partial charge in [-0.15, -0.1) is 11.6 Å². The van der Waals surface area contributed by atoms with Crippen LogP contribution in [0.5, 0.6) is 0 Å². The van der Waals surface area contributed by atoms with Crippen molar-refractivity contribution in [1.82, 2.24) is 14.5 Å². The molecule has 0 radical (unpaired) electrons. The topological polar surface area (TPSA) is 30.7 Å². The van der Waals surface area contributed by atoms with E-state index in [0.717, 1.165) is 9.99 Å². The summed E-state index contributed by atoms with van der Waals surface area (Å²) in [6, 6.07) is 7.32. The molecule has 0 saturated heterocycles. The van der Waals surface area contributed by atoms with Crippen LogP contribution in [0.1, 0.15) is 18.1 Å². The third kappa shape index (κ3) is 2.66. The lowest BCUT2D eigenvalue weighted by atomic mass is 10.3. The Labute approximate surface area is 145 Å². The first-order valence-corrected chi connectivity index (χ1v) is 8.10. The van der Waals surface area contributed by atoms with Gasteiger partial charge in [0.1, 0.15) is 11.3 Å². The van der Waals surface area contributed by atoms with Gasteiger partial charge < -0.3 is 0 Å². The van der Waals surface area contributed by atoms with Gasteiger partial charge in [0.25, 0.3) is 0 Å². The second-order valence-electron chi connectivity index (χ2n) is 4.49. The van der Waals surface area contributed by atoms with Crippen LogP contribution in [0.15, 0.2) is 34.9 Å². The summed E-state index contributed by atoms with van der Waals surface area (Å²) in [4.78, 5) is 8.98. The molecule has 0 aliphatic heterocycles. The van der Waals surface area contributed by atoms with E-state index in [1.165, 1.54) is 0 Å². The van der Waals surface area contributed by atoms with E-state index in [2.05, 4.69) is 25.9 Å². The normalized spacial score (nSPS) is 12.8. The lowest BCUT2D eigenvalue weighted by Gasteiger charge is -2.12. The predicted molar refractivity (Wildman–Crippen MR) is 90.9 cm³/mol. The third-order valence-corrected chi connectivity index (χ3v) is 4.46. The Morgan fingerprint density at radius 1 is 1.29 bits per heavy atom. The van der Waals surface area contributed by atoms with Crippen molar-refractivity contribution in [2.75, 3.05) is 0 Å². The number of nitrogens with zero attached hydrogens (tertiary/aromatic N) is 3. The molecule has 3 rings (SSSR count). The predicted octanol–water partition coefficient (Wildman–Crippen LogP) is 5.79. The molecule has 3 aromatic rings. The number of hydrogen-bond acceptors (Lipinski definition) is 2. The first-order chi connectivity index (χ1) is 9.99. The Morgan fingerprint density at radius 3 is 2.76 bits per heavy atom.